The van der Waals surface area contributed by atoms with Gasteiger partial charge >= 0.3 is 0 Å². The number of fused-ring (bicyclic) bond motifs is 1. The van der Waals surface area contributed by atoms with Crippen LogP contribution in [0, 0.1) is 0 Å². The van der Waals surface area contributed by atoms with E-state index in [4.69, 9.17) is 5.73 Å². The summed E-state index contributed by atoms with van der Waals surface area (Å²) in [5.41, 5.74) is 6.67. The van der Waals surface area contributed by atoms with Gasteiger partial charge in [0.15, 0.2) is 0 Å². The number of hydrogen-bond acceptors (Lipinski definition) is 3. The molecule has 1 heterocycles. The van der Waals surface area contributed by atoms with Gasteiger partial charge < -0.3 is 5.73 Å². The maximum Gasteiger partial charge on any atom is 0.261 e. The summed E-state index contributed by atoms with van der Waals surface area (Å²) in [6, 6.07) is 6.33. The quantitative estimate of drug-likeness (QED) is 0.754. The van der Waals surface area contributed by atoms with E-state index in [9.17, 15) is 9.59 Å². The monoisotopic (exact) mass is 218 g/mol. The number of amides is 2. The number of nitrogens with two attached hydrogens (primary N) is 1. The van der Waals surface area contributed by atoms with Crippen LogP contribution in [-0.4, -0.2) is 28.8 Å². The lowest BCUT2D eigenvalue weighted by Crippen LogP contribution is -2.47. The van der Waals surface area contributed by atoms with Crippen LogP contribution in [0.1, 0.15) is 34.6 Å². The van der Waals surface area contributed by atoms with E-state index in [0.29, 0.717) is 11.1 Å². The van der Waals surface area contributed by atoms with Gasteiger partial charge in [0.25, 0.3) is 11.8 Å². The smallest absolute Gasteiger partial charge is 0.261 e. The Morgan fingerprint density at radius 2 is 1.50 bits per heavy atom. The lowest BCUT2D eigenvalue weighted by molar-refractivity contribution is 0.0580. The first-order valence-electron chi connectivity index (χ1n) is 5.26. The van der Waals surface area contributed by atoms with Gasteiger partial charge in [-0.05, 0) is 26.0 Å². The van der Waals surface area contributed by atoms with Crippen LogP contribution in [0.15, 0.2) is 24.3 Å². The Hall–Kier alpha value is -1.68. The molecule has 1 aliphatic rings. The summed E-state index contributed by atoms with van der Waals surface area (Å²) < 4.78 is 0. The Bertz CT molecular complexity index is 419. The molecule has 4 heteroatoms. The zero-order valence-electron chi connectivity index (χ0n) is 9.31. The molecule has 4 nitrogen and oxygen atoms in total. The maximum absolute atomic E-state index is 12.0. The fourth-order valence-electron chi connectivity index (χ4n) is 1.81. The van der Waals surface area contributed by atoms with Gasteiger partial charge in [0.05, 0.1) is 17.2 Å². The summed E-state index contributed by atoms with van der Waals surface area (Å²) in [4.78, 5) is 25.3. The number of imide groups is 1. The van der Waals surface area contributed by atoms with Crippen molar-refractivity contribution in [2.45, 2.75) is 25.9 Å². The minimum atomic E-state index is -0.285. The molecule has 0 fully saturated rings. The summed E-state index contributed by atoms with van der Waals surface area (Å²) in [6.45, 7) is 3.57. The van der Waals surface area contributed by atoms with Crippen LogP contribution >= 0.6 is 0 Å². The molecular formula is C12H14N2O2. The summed E-state index contributed by atoms with van der Waals surface area (Å²) in [5.74, 6) is -0.490. The molecular weight excluding hydrogens is 204 g/mol. The van der Waals surface area contributed by atoms with Gasteiger partial charge in [-0.25, -0.2) is 0 Å². The van der Waals surface area contributed by atoms with Crippen LogP contribution in [0.25, 0.3) is 0 Å². The van der Waals surface area contributed by atoms with Crippen molar-refractivity contribution in [1.29, 1.82) is 0 Å². The van der Waals surface area contributed by atoms with Crippen molar-refractivity contribution in [3.63, 3.8) is 0 Å². The molecule has 0 saturated carbocycles. The summed E-state index contributed by atoms with van der Waals surface area (Å²) >= 11 is 0. The summed E-state index contributed by atoms with van der Waals surface area (Å²) in [7, 11) is 0. The van der Waals surface area contributed by atoms with Crippen molar-refractivity contribution in [2.75, 3.05) is 0 Å². The number of hydrogen-bond donors (Lipinski definition) is 1. The zero-order valence-corrected chi connectivity index (χ0v) is 9.31. The maximum atomic E-state index is 12.0. The normalized spacial score (nSPS) is 18.6. The van der Waals surface area contributed by atoms with Crippen molar-refractivity contribution in [2.24, 2.45) is 5.73 Å². The lowest BCUT2D eigenvalue weighted by Gasteiger charge is -2.25. The van der Waals surface area contributed by atoms with Gasteiger partial charge in [-0.2, -0.15) is 0 Å². The van der Waals surface area contributed by atoms with Crippen LogP contribution in [-0.2, 0) is 0 Å². The average molecular weight is 218 g/mol. The van der Waals surface area contributed by atoms with E-state index >= 15 is 0 Å². The van der Waals surface area contributed by atoms with E-state index in [2.05, 4.69) is 0 Å². The molecule has 1 aromatic rings. The SMILES string of the molecule is CC(N)[C@H](C)N1C(=O)c2ccccc2C1=O. The Balaban J connectivity index is 2.43. The first kappa shape index (κ1) is 10.8. The number of carbonyl (C=O) groups is 2. The minimum absolute atomic E-state index is 0.234. The van der Waals surface area contributed by atoms with Crippen LogP contribution in [0.2, 0.25) is 0 Å². The fraction of sp³-hybridized carbons (Fsp3) is 0.333. The molecule has 2 atom stereocenters. The fourth-order valence-corrected chi connectivity index (χ4v) is 1.81. The van der Waals surface area contributed by atoms with E-state index in [1.54, 1.807) is 38.1 Å². The van der Waals surface area contributed by atoms with E-state index in [-0.39, 0.29) is 23.9 Å². The van der Waals surface area contributed by atoms with Crippen molar-refractivity contribution >= 4 is 11.8 Å². The topological polar surface area (TPSA) is 63.4 Å². The van der Waals surface area contributed by atoms with Crippen LogP contribution in [0.3, 0.4) is 0 Å². The third-order valence-corrected chi connectivity index (χ3v) is 2.99. The highest BCUT2D eigenvalue weighted by atomic mass is 16.2. The second-order valence-corrected chi connectivity index (χ2v) is 4.13. The van der Waals surface area contributed by atoms with Gasteiger partial charge in [0, 0.05) is 6.04 Å². The number of benzene rings is 1. The first-order valence-corrected chi connectivity index (χ1v) is 5.26. The lowest BCUT2D eigenvalue weighted by atomic mass is 10.1. The molecule has 1 aromatic carbocycles. The van der Waals surface area contributed by atoms with Gasteiger partial charge in [-0.15, -0.1) is 0 Å². The van der Waals surface area contributed by atoms with Crippen LogP contribution in [0.4, 0.5) is 0 Å². The second-order valence-electron chi connectivity index (χ2n) is 4.13. The Labute approximate surface area is 94.0 Å². The summed E-state index contributed by atoms with van der Waals surface area (Å²) in [6.07, 6.45) is 0. The van der Waals surface area contributed by atoms with E-state index < -0.39 is 0 Å². The Morgan fingerprint density at radius 3 is 1.88 bits per heavy atom. The molecule has 0 aliphatic carbocycles. The van der Waals surface area contributed by atoms with E-state index in [1.165, 1.54) is 4.90 Å². The first-order chi connectivity index (χ1) is 7.54. The highest BCUT2D eigenvalue weighted by Crippen LogP contribution is 2.24. The van der Waals surface area contributed by atoms with Crippen LogP contribution in [0.5, 0.6) is 0 Å². The minimum Gasteiger partial charge on any atom is -0.326 e. The van der Waals surface area contributed by atoms with Gasteiger partial charge in [-0.3, -0.25) is 14.5 Å². The van der Waals surface area contributed by atoms with Crippen molar-refractivity contribution in [3.8, 4) is 0 Å². The molecule has 0 saturated heterocycles. The third-order valence-electron chi connectivity index (χ3n) is 2.99. The number of nitrogens with zero attached hydrogens (tertiary/aromatic N) is 1. The zero-order chi connectivity index (χ0) is 11.9. The van der Waals surface area contributed by atoms with Gasteiger partial charge in [-0.1, -0.05) is 12.1 Å². The molecule has 0 radical (unpaired) electrons. The molecule has 1 aliphatic heterocycles. The standard InChI is InChI=1S/C12H14N2O2/c1-7(13)8(2)14-11(15)9-5-3-4-6-10(9)12(14)16/h3-8H,13H2,1-2H3/t7?,8-/m0/s1. The van der Waals surface area contributed by atoms with Crippen molar-refractivity contribution in [3.05, 3.63) is 35.4 Å². The molecule has 84 valence electrons. The molecule has 1 unspecified atom stereocenters. The predicted molar refractivity (Wildman–Crippen MR) is 60.1 cm³/mol. The molecule has 2 amide bonds. The number of rotatable bonds is 2. The number of carbonyl (C=O) groups excluding carboxylic acids is 2. The molecule has 2 rings (SSSR count). The highest BCUT2D eigenvalue weighted by molar-refractivity contribution is 6.21. The van der Waals surface area contributed by atoms with E-state index in [1.807, 2.05) is 0 Å². The molecule has 0 aromatic heterocycles. The van der Waals surface area contributed by atoms with Gasteiger partial charge in [0.2, 0.25) is 0 Å². The molecule has 2 N–H and O–H groups in total. The molecule has 16 heavy (non-hydrogen) atoms. The third kappa shape index (κ3) is 1.42. The molecule has 0 spiro atoms. The Kier molecular flexibility index (Phi) is 2.52. The van der Waals surface area contributed by atoms with Gasteiger partial charge in [0.1, 0.15) is 0 Å². The predicted octanol–water partition coefficient (Wildman–Crippen LogP) is 1.02. The van der Waals surface area contributed by atoms with Crippen LogP contribution < -0.4 is 5.73 Å². The van der Waals surface area contributed by atoms with Crippen molar-refractivity contribution in [1.82, 2.24) is 4.90 Å². The second kappa shape index (κ2) is 3.72. The van der Waals surface area contributed by atoms with E-state index in [0.717, 1.165) is 0 Å². The average Bonchev–Trinajstić information content (AvgIpc) is 2.52. The van der Waals surface area contributed by atoms with Crippen molar-refractivity contribution < 1.29 is 9.59 Å². The summed E-state index contributed by atoms with van der Waals surface area (Å²) in [5, 5.41) is 0. The highest BCUT2D eigenvalue weighted by Gasteiger charge is 2.38. The largest absolute Gasteiger partial charge is 0.326 e. The molecule has 0 bridgehead atoms. The Morgan fingerprint density at radius 1 is 1.06 bits per heavy atom.